The van der Waals surface area contributed by atoms with Crippen LogP contribution < -0.4 is 21.3 Å². The summed E-state index contributed by atoms with van der Waals surface area (Å²) in [7, 11) is 0. The fraction of sp³-hybridized carbons (Fsp3) is 0.250. The van der Waals surface area contributed by atoms with Crippen molar-refractivity contribution in [3.63, 3.8) is 0 Å². The van der Waals surface area contributed by atoms with Crippen molar-refractivity contribution < 1.29 is 18.7 Å². The van der Waals surface area contributed by atoms with E-state index < -0.39 is 23.7 Å². The summed E-state index contributed by atoms with van der Waals surface area (Å²) in [5.41, 5.74) is 7.48. The van der Waals surface area contributed by atoms with Crippen LogP contribution in [0.4, 0.5) is 0 Å². The Balaban J connectivity index is 1.58. The van der Waals surface area contributed by atoms with Gasteiger partial charge in [-0.1, -0.05) is 24.3 Å². The number of hydrazine groups is 1. The first-order valence-corrected chi connectivity index (χ1v) is 8.76. The zero-order valence-corrected chi connectivity index (χ0v) is 15.8. The summed E-state index contributed by atoms with van der Waals surface area (Å²) >= 11 is 0. The van der Waals surface area contributed by atoms with Gasteiger partial charge < -0.3 is 9.15 Å². The van der Waals surface area contributed by atoms with Gasteiger partial charge in [0, 0.05) is 0 Å². The van der Waals surface area contributed by atoms with Crippen molar-refractivity contribution in [1.29, 1.82) is 0 Å². The van der Waals surface area contributed by atoms with Crippen molar-refractivity contribution >= 4 is 22.9 Å². The van der Waals surface area contributed by atoms with Crippen LogP contribution in [0, 0.1) is 13.8 Å². The lowest BCUT2D eigenvalue weighted by Crippen LogP contribution is -2.48. The van der Waals surface area contributed by atoms with Crippen LogP contribution in [-0.4, -0.2) is 22.5 Å². The number of fused-ring (bicyclic) bond motifs is 1. The van der Waals surface area contributed by atoms with Gasteiger partial charge in [0.25, 0.3) is 11.8 Å². The zero-order chi connectivity index (χ0) is 20.3. The van der Waals surface area contributed by atoms with Crippen LogP contribution in [0.1, 0.15) is 18.1 Å². The van der Waals surface area contributed by atoms with Gasteiger partial charge in [-0.05, 0) is 50.1 Å². The number of hydrogen-bond acceptors (Lipinski definition) is 5. The van der Waals surface area contributed by atoms with E-state index in [0.29, 0.717) is 16.8 Å². The number of benzene rings is 2. The number of amides is 2. The summed E-state index contributed by atoms with van der Waals surface area (Å²) in [6.45, 7) is 5.15. The lowest BCUT2D eigenvalue weighted by Gasteiger charge is -2.17. The molecule has 3 rings (SSSR count). The molecule has 0 spiro atoms. The van der Waals surface area contributed by atoms with Gasteiger partial charge in [-0.3, -0.25) is 25.0 Å². The summed E-state index contributed by atoms with van der Waals surface area (Å²) in [4.78, 5) is 36.2. The highest BCUT2D eigenvalue weighted by molar-refractivity contribution is 5.85. The van der Waals surface area contributed by atoms with Gasteiger partial charge in [0.1, 0.15) is 12.3 Å². The van der Waals surface area contributed by atoms with Gasteiger partial charge in [-0.2, -0.15) is 0 Å². The minimum atomic E-state index is -0.821. The summed E-state index contributed by atoms with van der Waals surface area (Å²) < 4.78 is 11.9. The van der Waals surface area contributed by atoms with E-state index in [0.717, 1.165) is 11.1 Å². The largest absolute Gasteiger partial charge is 0.481 e. The molecule has 0 saturated carbocycles. The molecule has 8 nitrogen and oxygen atoms in total. The Morgan fingerprint density at radius 1 is 1.11 bits per heavy atom. The smallest absolute Gasteiger partial charge is 0.420 e. The second-order valence-corrected chi connectivity index (χ2v) is 6.42. The molecule has 1 atom stereocenters. The van der Waals surface area contributed by atoms with Gasteiger partial charge in [0.15, 0.2) is 11.7 Å². The molecule has 1 aromatic heterocycles. The summed E-state index contributed by atoms with van der Waals surface area (Å²) in [6.07, 6.45) is -0.821. The van der Waals surface area contributed by atoms with E-state index >= 15 is 0 Å². The van der Waals surface area contributed by atoms with E-state index in [4.69, 9.17) is 9.15 Å². The zero-order valence-electron chi connectivity index (χ0n) is 15.8. The fourth-order valence-corrected chi connectivity index (χ4v) is 2.68. The SMILES string of the molecule is Cc1cccc(OC(C)C(=O)NNC(=O)Cn2c(=O)oc3ccccc32)c1C. The standard InChI is InChI=1S/C20H21N3O5/c1-12-7-6-10-16(13(12)2)27-14(3)19(25)22-21-18(24)11-23-15-8-4-5-9-17(15)28-20(23)26/h4-10,14H,11H2,1-3H3,(H,21,24)(H,22,25). The highest BCUT2D eigenvalue weighted by Gasteiger charge is 2.18. The highest BCUT2D eigenvalue weighted by Crippen LogP contribution is 2.21. The quantitative estimate of drug-likeness (QED) is 0.655. The van der Waals surface area contributed by atoms with Crippen molar-refractivity contribution in [1.82, 2.24) is 15.4 Å². The van der Waals surface area contributed by atoms with Crippen LogP contribution >= 0.6 is 0 Å². The molecule has 0 bridgehead atoms. The third-order valence-corrected chi connectivity index (χ3v) is 4.43. The number of carbonyl (C=O) groups excluding carboxylic acids is 2. The van der Waals surface area contributed by atoms with E-state index in [1.165, 1.54) is 4.57 Å². The normalized spacial score (nSPS) is 11.8. The number of oxazole rings is 1. The predicted molar refractivity (Wildman–Crippen MR) is 103 cm³/mol. The van der Waals surface area contributed by atoms with Crippen LogP contribution in [0.2, 0.25) is 0 Å². The molecule has 0 saturated heterocycles. The molecule has 1 unspecified atom stereocenters. The van der Waals surface area contributed by atoms with Gasteiger partial charge in [-0.25, -0.2) is 4.79 Å². The first-order valence-electron chi connectivity index (χ1n) is 8.76. The molecule has 3 aromatic rings. The lowest BCUT2D eigenvalue weighted by molar-refractivity contribution is -0.133. The van der Waals surface area contributed by atoms with Crippen LogP contribution in [0.15, 0.2) is 51.7 Å². The fourth-order valence-electron chi connectivity index (χ4n) is 2.68. The van der Waals surface area contributed by atoms with E-state index in [2.05, 4.69) is 10.9 Å². The number of rotatable bonds is 5. The van der Waals surface area contributed by atoms with Crippen LogP contribution in [-0.2, 0) is 16.1 Å². The molecule has 0 radical (unpaired) electrons. The third kappa shape index (κ3) is 4.06. The van der Waals surface area contributed by atoms with Crippen LogP contribution in [0.25, 0.3) is 11.1 Å². The number of aryl methyl sites for hydroxylation is 1. The van der Waals surface area contributed by atoms with Gasteiger partial charge >= 0.3 is 5.76 Å². The maximum absolute atomic E-state index is 12.2. The molecular formula is C20H21N3O5. The second-order valence-electron chi connectivity index (χ2n) is 6.42. The molecule has 146 valence electrons. The van der Waals surface area contributed by atoms with Gasteiger partial charge in [0.05, 0.1) is 5.52 Å². The third-order valence-electron chi connectivity index (χ3n) is 4.43. The predicted octanol–water partition coefficient (Wildman–Crippen LogP) is 1.83. The number of nitrogens with one attached hydrogen (secondary N) is 2. The Morgan fingerprint density at radius 3 is 2.64 bits per heavy atom. The average molecular weight is 383 g/mol. The topological polar surface area (TPSA) is 103 Å². The number of aromatic nitrogens is 1. The minimum absolute atomic E-state index is 0.289. The molecule has 0 aliphatic heterocycles. The highest BCUT2D eigenvalue weighted by atomic mass is 16.5. The molecule has 28 heavy (non-hydrogen) atoms. The minimum Gasteiger partial charge on any atom is -0.481 e. The van der Waals surface area contributed by atoms with E-state index in [1.54, 1.807) is 37.3 Å². The Hall–Kier alpha value is -3.55. The van der Waals surface area contributed by atoms with Gasteiger partial charge in [0.2, 0.25) is 0 Å². The Bertz CT molecular complexity index is 1080. The Labute approximate surface area is 161 Å². The van der Waals surface area contributed by atoms with Gasteiger partial charge in [-0.15, -0.1) is 0 Å². The number of ether oxygens (including phenoxy) is 1. The lowest BCUT2D eigenvalue weighted by atomic mass is 10.1. The molecule has 0 fully saturated rings. The van der Waals surface area contributed by atoms with Crippen LogP contribution in [0.5, 0.6) is 5.75 Å². The Morgan fingerprint density at radius 2 is 1.86 bits per heavy atom. The van der Waals surface area contributed by atoms with E-state index in [-0.39, 0.29) is 6.54 Å². The monoisotopic (exact) mass is 383 g/mol. The molecule has 2 aromatic carbocycles. The molecular weight excluding hydrogens is 362 g/mol. The molecule has 2 N–H and O–H groups in total. The number of para-hydroxylation sites is 2. The maximum atomic E-state index is 12.2. The van der Waals surface area contributed by atoms with Crippen molar-refractivity contribution in [3.05, 3.63) is 64.1 Å². The van der Waals surface area contributed by atoms with Crippen molar-refractivity contribution in [2.24, 2.45) is 0 Å². The maximum Gasteiger partial charge on any atom is 0.420 e. The summed E-state index contributed by atoms with van der Waals surface area (Å²) in [5.74, 6) is -1.13. The molecule has 0 aliphatic rings. The van der Waals surface area contributed by atoms with Crippen LogP contribution in [0.3, 0.4) is 0 Å². The summed E-state index contributed by atoms with van der Waals surface area (Å²) in [5, 5.41) is 0. The molecule has 2 amide bonds. The molecule has 8 heteroatoms. The Kier molecular flexibility index (Phi) is 5.49. The summed E-state index contributed by atoms with van der Waals surface area (Å²) in [6, 6.07) is 12.4. The van der Waals surface area contributed by atoms with Crippen molar-refractivity contribution in [3.8, 4) is 5.75 Å². The number of nitrogens with zero attached hydrogens (tertiary/aromatic N) is 1. The molecule has 1 heterocycles. The first-order chi connectivity index (χ1) is 13.4. The van der Waals surface area contributed by atoms with E-state index in [9.17, 15) is 14.4 Å². The second kappa shape index (κ2) is 7.99. The number of carbonyl (C=O) groups is 2. The van der Waals surface area contributed by atoms with E-state index in [1.807, 2.05) is 26.0 Å². The van der Waals surface area contributed by atoms with Crippen molar-refractivity contribution in [2.45, 2.75) is 33.4 Å². The molecule has 0 aliphatic carbocycles. The number of hydrogen-bond donors (Lipinski definition) is 2. The first kappa shape index (κ1) is 19.2. The average Bonchev–Trinajstić information content (AvgIpc) is 2.98. The van der Waals surface area contributed by atoms with Crippen molar-refractivity contribution in [2.75, 3.05) is 0 Å².